The fraction of sp³-hybridized carbons (Fsp3) is 0.588. The number of fused-ring (bicyclic) bond motifs is 1. The molecule has 0 aliphatic heterocycles. The summed E-state index contributed by atoms with van der Waals surface area (Å²) >= 11 is 0. The zero-order valence-electron chi connectivity index (χ0n) is 12.6. The summed E-state index contributed by atoms with van der Waals surface area (Å²) in [6.07, 6.45) is 5.60. The van der Waals surface area contributed by atoms with Crippen molar-refractivity contribution in [2.45, 2.75) is 39.5 Å². The second kappa shape index (κ2) is 5.63. The van der Waals surface area contributed by atoms with Crippen molar-refractivity contribution in [2.75, 3.05) is 0 Å². The first kappa shape index (κ1) is 15.1. The maximum absolute atomic E-state index is 9.66. The van der Waals surface area contributed by atoms with E-state index < -0.39 is 5.41 Å². The standard InChI is InChI=1S/C17H20N4/c1-3-4-15-13-7-11(2)5-6-12(13)14(8-18)16(21)17(15,9-19)10-20/h6,11,13,15H,3-5,7,21H2,1-2H3/t11-,13+,15-/m1/s1. The highest BCUT2D eigenvalue weighted by molar-refractivity contribution is 5.56. The van der Waals surface area contributed by atoms with E-state index >= 15 is 0 Å². The van der Waals surface area contributed by atoms with Crippen LogP contribution in [-0.2, 0) is 0 Å². The number of hydrogen-bond donors (Lipinski definition) is 1. The highest BCUT2D eigenvalue weighted by Gasteiger charge is 2.52. The Kier molecular flexibility index (Phi) is 4.06. The molecule has 0 saturated carbocycles. The van der Waals surface area contributed by atoms with Crippen LogP contribution in [0.2, 0.25) is 0 Å². The Labute approximate surface area is 126 Å². The van der Waals surface area contributed by atoms with Crippen LogP contribution in [0.15, 0.2) is 22.9 Å². The lowest BCUT2D eigenvalue weighted by atomic mass is 9.56. The lowest BCUT2D eigenvalue weighted by molar-refractivity contribution is 0.200. The Morgan fingerprint density at radius 3 is 2.52 bits per heavy atom. The van der Waals surface area contributed by atoms with E-state index in [9.17, 15) is 15.8 Å². The van der Waals surface area contributed by atoms with Gasteiger partial charge in [-0.05, 0) is 36.7 Å². The Morgan fingerprint density at radius 1 is 1.33 bits per heavy atom. The smallest absolute Gasteiger partial charge is 0.187 e. The zero-order chi connectivity index (χ0) is 15.6. The lowest BCUT2D eigenvalue weighted by Crippen LogP contribution is -2.44. The Balaban J connectivity index is 2.71. The lowest BCUT2D eigenvalue weighted by Gasteiger charge is -2.44. The molecule has 4 nitrogen and oxygen atoms in total. The maximum Gasteiger partial charge on any atom is 0.187 e. The molecule has 0 unspecified atom stereocenters. The van der Waals surface area contributed by atoms with Crippen molar-refractivity contribution < 1.29 is 0 Å². The van der Waals surface area contributed by atoms with Crippen molar-refractivity contribution in [3.8, 4) is 18.2 Å². The van der Waals surface area contributed by atoms with Gasteiger partial charge < -0.3 is 5.73 Å². The number of nitrogens with zero attached hydrogens (tertiary/aromatic N) is 3. The minimum Gasteiger partial charge on any atom is -0.399 e. The van der Waals surface area contributed by atoms with Crippen molar-refractivity contribution in [2.24, 2.45) is 28.9 Å². The highest BCUT2D eigenvalue weighted by Crippen LogP contribution is 2.53. The molecule has 4 heteroatoms. The Hall–Kier alpha value is -2.25. The van der Waals surface area contributed by atoms with Crippen LogP contribution >= 0.6 is 0 Å². The molecule has 21 heavy (non-hydrogen) atoms. The Bertz CT molecular complexity index is 607. The van der Waals surface area contributed by atoms with E-state index in [0.29, 0.717) is 11.5 Å². The van der Waals surface area contributed by atoms with Crippen LogP contribution in [0, 0.1) is 57.2 Å². The van der Waals surface area contributed by atoms with Gasteiger partial charge in [-0.3, -0.25) is 0 Å². The van der Waals surface area contributed by atoms with Crippen molar-refractivity contribution in [3.05, 3.63) is 22.9 Å². The number of allylic oxidation sites excluding steroid dienone is 4. The van der Waals surface area contributed by atoms with Gasteiger partial charge in [-0.1, -0.05) is 26.3 Å². The first-order valence-corrected chi connectivity index (χ1v) is 7.48. The summed E-state index contributed by atoms with van der Waals surface area (Å²) in [5.41, 5.74) is 6.25. The summed E-state index contributed by atoms with van der Waals surface area (Å²) < 4.78 is 0. The van der Waals surface area contributed by atoms with E-state index in [2.05, 4.69) is 38.1 Å². The van der Waals surface area contributed by atoms with E-state index in [1.807, 2.05) is 0 Å². The Morgan fingerprint density at radius 2 is 2.00 bits per heavy atom. The molecule has 0 aromatic rings. The molecule has 0 spiro atoms. The van der Waals surface area contributed by atoms with Crippen molar-refractivity contribution in [1.82, 2.24) is 0 Å². The summed E-state index contributed by atoms with van der Waals surface area (Å²) in [5, 5.41) is 28.8. The van der Waals surface area contributed by atoms with Crippen molar-refractivity contribution in [1.29, 1.82) is 15.8 Å². The molecule has 2 rings (SSSR count). The normalized spacial score (nSPS) is 30.4. The van der Waals surface area contributed by atoms with E-state index in [1.54, 1.807) is 0 Å². The second-order valence-corrected chi connectivity index (χ2v) is 6.17. The van der Waals surface area contributed by atoms with Crippen molar-refractivity contribution in [3.63, 3.8) is 0 Å². The van der Waals surface area contributed by atoms with Gasteiger partial charge in [0, 0.05) is 5.92 Å². The van der Waals surface area contributed by atoms with Gasteiger partial charge in [0.25, 0.3) is 0 Å². The van der Waals surface area contributed by atoms with Gasteiger partial charge in [0.15, 0.2) is 5.41 Å². The third-order valence-corrected chi connectivity index (χ3v) is 4.88. The summed E-state index contributed by atoms with van der Waals surface area (Å²) in [7, 11) is 0. The highest BCUT2D eigenvalue weighted by atomic mass is 14.7. The van der Waals surface area contributed by atoms with Crippen LogP contribution in [0.4, 0.5) is 0 Å². The molecule has 2 aliphatic rings. The molecule has 3 atom stereocenters. The van der Waals surface area contributed by atoms with Crippen LogP contribution in [0.3, 0.4) is 0 Å². The molecule has 0 radical (unpaired) electrons. The topological polar surface area (TPSA) is 97.4 Å². The van der Waals surface area contributed by atoms with Gasteiger partial charge >= 0.3 is 0 Å². The monoisotopic (exact) mass is 280 g/mol. The average molecular weight is 280 g/mol. The molecule has 108 valence electrons. The largest absolute Gasteiger partial charge is 0.399 e. The van der Waals surface area contributed by atoms with E-state index in [-0.39, 0.29) is 17.5 Å². The minimum atomic E-state index is -1.36. The maximum atomic E-state index is 9.66. The fourth-order valence-electron chi connectivity index (χ4n) is 3.82. The van der Waals surface area contributed by atoms with E-state index in [0.717, 1.165) is 31.3 Å². The summed E-state index contributed by atoms with van der Waals surface area (Å²) in [4.78, 5) is 0. The third-order valence-electron chi connectivity index (χ3n) is 4.88. The van der Waals surface area contributed by atoms with Gasteiger partial charge in [0.1, 0.15) is 6.07 Å². The minimum absolute atomic E-state index is 0.0925. The number of nitrogens with two attached hydrogens (primary N) is 1. The van der Waals surface area contributed by atoms with E-state index in [1.165, 1.54) is 0 Å². The summed E-state index contributed by atoms with van der Waals surface area (Å²) in [6.45, 7) is 4.22. The summed E-state index contributed by atoms with van der Waals surface area (Å²) in [5.74, 6) is 0.478. The molecule has 0 amide bonds. The van der Waals surface area contributed by atoms with Gasteiger partial charge in [-0.15, -0.1) is 0 Å². The molecule has 0 saturated heterocycles. The van der Waals surface area contributed by atoms with Crippen LogP contribution in [0.1, 0.15) is 39.5 Å². The number of hydrogen-bond acceptors (Lipinski definition) is 4. The average Bonchev–Trinajstić information content (AvgIpc) is 2.49. The molecule has 0 bridgehead atoms. The predicted molar refractivity (Wildman–Crippen MR) is 78.9 cm³/mol. The number of nitriles is 3. The quantitative estimate of drug-likeness (QED) is 0.840. The first-order valence-electron chi connectivity index (χ1n) is 7.48. The molecule has 0 aromatic heterocycles. The van der Waals surface area contributed by atoms with Crippen LogP contribution in [-0.4, -0.2) is 0 Å². The van der Waals surface area contributed by atoms with Gasteiger partial charge in [0.05, 0.1) is 23.4 Å². The van der Waals surface area contributed by atoms with Crippen LogP contribution in [0.25, 0.3) is 0 Å². The van der Waals surface area contributed by atoms with Gasteiger partial charge in [-0.2, -0.15) is 15.8 Å². The third kappa shape index (κ3) is 2.10. The molecule has 0 fully saturated rings. The SMILES string of the molecule is CCC[C@@H]1[C@H]2C[C@H](C)CC=C2C(C#N)=C(N)C1(C#N)C#N. The van der Waals surface area contributed by atoms with Crippen LogP contribution < -0.4 is 5.73 Å². The number of rotatable bonds is 2. The van der Waals surface area contributed by atoms with E-state index in [4.69, 9.17) is 5.73 Å². The molecule has 0 heterocycles. The molecular weight excluding hydrogens is 260 g/mol. The zero-order valence-corrected chi connectivity index (χ0v) is 12.6. The fourth-order valence-corrected chi connectivity index (χ4v) is 3.82. The molecule has 2 N–H and O–H groups in total. The summed E-state index contributed by atoms with van der Waals surface area (Å²) in [6, 6.07) is 6.42. The van der Waals surface area contributed by atoms with Gasteiger partial charge in [0.2, 0.25) is 0 Å². The van der Waals surface area contributed by atoms with Crippen molar-refractivity contribution >= 4 is 0 Å². The predicted octanol–water partition coefficient (Wildman–Crippen LogP) is 3.16. The molecule has 2 aliphatic carbocycles. The second-order valence-electron chi connectivity index (χ2n) is 6.17. The van der Waals surface area contributed by atoms with Gasteiger partial charge in [-0.25, -0.2) is 0 Å². The molecular formula is C17H20N4. The molecule has 0 aromatic carbocycles. The first-order chi connectivity index (χ1) is 10.1. The van der Waals surface area contributed by atoms with Crippen LogP contribution in [0.5, 0.6) is 0 Å².